The van der Waals surface area contributed by atoms with Gasteiger partial charge in [0, 0.05) is 47.1 Å². The molecule has 45 heavy (non-hydrogen) atoms. The van der Waals surface area contributed by atoms with E-state index in [1.807, 2.05) is 23.5 Å². The zero-order valence-corrected chi connectivity index (χ0v) is 24.9. The second-order valence-electron chi connectivity index (χ2n) is 12.1. The molecule has 0 bridgehead atoms. The van der Waals surface area contributed by atoms with Gasteiger partial charge in [0.25, 0.3) is 0 Å². The van der Waals surface area contributed by atoms with Crippen molar-refractivity contribution in [2.24, 2.45) is 0 Å². The van der Waals surface area contributed by atoms with Crippen LogP contribution < -0.4 is 0 Å². The predicted molar refractivity (Wildman–Crippen MR) is 193 cm³/mol. The van der Waals surface area contributed by atoms with E-state index in [9.17, 15) is 0 Å². The highest BCUT2D eigenvalue weighted by molar-refractivity contribution is 7.26. The number of thiophene rings is 1. The summed E-state index contributed by atoms with van der Waals surface area (Å²) in [5, 5.41) is 12.6. The Balaban J connectivity index is 1.34. The largest absolute Gasteiger partial charge is 0.456 e. The van der Waals surface area contributed by atoms with Gasteiger partial charge < -0.3 is 8.82 Å². The van der Waals surface area contributed by atoms with Crippen molar-refractivity contribution in [3.63, 3.8) is 0 Å². The second-order valence-corrected chi connectivity index (χ2v) is 13.1. The highest BCUT2D eigenvalue weighted by atomic mass is 32.1. The maximum Gasteiger partial charge on any atom is 0.135 e. The summed E-state index contributed by atoms with van der Waals surface area (Å²) in [5.41, 5.74) is 7.96. The molecular weight excluding hydrogens is 567 g/mol. The van der Waals surface area contributed by atoms with Gasteiger partial charge in [-0.25, -0.2) is 0 Å². The lowest BCUT2D eigenvalue weighted by molar-refractivity contribution is 0.669. The molecule has 0 aliphatic rings. The molecule has 0 unspecified atom stereocenters. The molecule has 3 heteroatoms. The number of aromatic nitrogens is 1. The average molecular weight is 590 g/mol. The zero-order valence-electron chi connectivity index (χ0n) is 24.0. The topological polar surface area (TPSA) is 17.6 Å². The summed E-state index contributed by atoms with van der Waals surface area (Å²) in [7, 11) is 0. The minimum Gasteiger partial charge on any atom is -0.456 e. The van der Waals surface area contributed by atoms with Crippen LogP contribution in [0.3, 0.4) is 0 Å². The fraction of sp³-hybridized carbons (Fsp3) is 0. The third-order valence-electron chi connectivity index (χ3n) is 9.75. The average Bonchev–Trinajstić information content (AvgIpc) is 3.77. The first-order valence-electron chi connectivity index (χ1n) is 15.4. The SMILES string of the molecule is c1ccc2c(c1)oc1ccc(-c3ccc4c(c3)c3cccc5c6ccccc6c6cccc7sc8cccc(c8c76)n4c53)cc12. The summed E-state index contributed by atoms with van der Waals surface area (Å²) >= 11 is 1.89. The van der Waals surface area contributed by atoms with Gasteiger partial charge in [0.15, 0.2) is 0 Å². The van der Waals surface area contributed by atoms with Crippen molar-refractivity contribution in [3.8, 4) is 11.1 Å². The van der Waals surface area contributed by atoms with Gasteiger partial charge in [0.1, 0.15) is 11.2 Å². The van der Waals surface area contributed by atoms with E-state index < -0.39 is 0 Å². The molecule has 208 valence electrons. The van der Waals surface area contributed by atoms with Crippen LogP contribution in [0.4, 0.5) is 0 Å². The number of nitrogens with zero attached hydrogens (tertiary/aromatic N) is 1. The van der Waals surface area contributed by atoms with Crippen molar-refractivity contribution in [1.29, 1.82) is 0 Å². The second kappa shape index (κ2) is 8.50. The Labute approximate surface area is 260 Å². The van der Waals surface area contributed by atoms with E-state index in [4.69, 9.17) is 4.42 Å². The van der Waals surface area contributed by atoms with Crippen LogP contribution >= 0.6 is 11.3 Å². The molecule has 0 N–H and O–H groups in total. The Hall–Kier alpha value is -5.64. The quantitative estimate of drug-likeness (QED) is 0.186. The van der Waals surface area contributed by atoms with E-state index in [2.05, 4.69) is 132 Å². The van der Waals surface area contributed by atoms with Crippen molar-refractivity contribution < 1.29 is 4.42 Å². The summed E-state index contributed by atoms with van der Waals surface area (Å²) in [6.45, 7) is 0. The molecule has 0 saturated heterocycles. The van der Waals surface area contributed by atoms with Crippen LogP contribution in [0.5, 0.6) is 0 Å². The van der Waals surface area contributed by atoms with Crippen LogP contribution in [0.2, 0.25) is 0 Å². The normalized spacial score (nSPS) is 12.4. The Kier molecular flexibility index (Phi) is 4.49. The lowest BCUT2D eigenvalue weighted by Gasteiger charge is -2.05. The molecule has 0 spiro atoms. The lowest BCUT2D eigenvalue weighted by Crippen LogP contribution is -1.86. The molecule has 0 aliphatic carbocycles. The molecule has 0 aliphatic heterocycles. The first-order valence-corrected chi connectivity index (χ1v) is 16.2. The van der Waals surface area contributed by atoms with E-state index in [1.54, 1.807) is 0 Å². The van der Waals surface area contributed by atoms with Crippen LogP contribution in [0.1, 0.15) is 0 Å². The van der Waals surface area contributed by atoms with Gasteiger partial charge in [-0.1, -0.05) is 91.0 Å². The van der Waals surface area contributed by atoms with Gasteiger partial charge >= 0.3 is 0 Å². The lowest BCUT2D eigenvalue weighted by atomic mass is 9.99. The van der Waals surface area contributed by atoms with Gasteiger partial charge in [0.2, 0.25) is 0 Å². The molecule has 7 aromatic carbocycles. The third kappa shape index (κ3) is 3.08. The van der Waals surface area contributed by atoms with E-state index >= 15 is 0 Å². The Morgan fingerprint density at radius 3 is 1.87 bits per heavy atom. The van der Waals surface area contributed by atoms with Gasteiger partial charge in [-0.3, -0.25) is 0 Å². The van der Waals surface area contributed by atoms with Crippen molar-refractivity contribution in [2.45, 2.75) is 0 Å². The number of hydrogen-bond donors (Lipinski definition) is 0. The van der Waals surface area contributed by atoms with Gasteiger partial charge in [-0.15, -0.1) is 11.3 Å². The van der Waals surface area contributed by atoms with Crippen LogP contribution in [-0.2, 0) is 0 Å². The Morgan fingerprint density at radius 1 is 0.400 bits per heavy atom. The first-order chi connectivity index (χ1) is 22.3. The molecule has 4 heterocycles. The Bertz CT molecular complexity index is 3050. The van der Waals surface area contributed by atoms with Gasteiger partial charge in [-0.05, 0) is 75.8 Å². The van der Waals surface area contributed by atoms with E-state index in [0.717, 1.165) is 21.9 Å². The minimum atomic E-state index is 0.922. The van der Waals surface area contributed by atoms with Gasteiger partial charge in [-0.2, -0.15) is 0 Å². The maximum absolute atomic E-state index is 6.14. The number of para-hydroxylation sites is 2. The number of benzene rings is 7. The summed E-state index contributed by atoms with van der Waals surface area (Å²) in [5.74, 6) is 0. The van der Waals surface area contributed by atoms with Crippen LogP contribution in [0, 0.1) is 0 Å². The zero-order chi connectivity index (χ0) is 29.2. The minimum absolute atomic E-state index is 0.922. The first kappa shape index (κ1) is 23.8. The van der Waals surface area contributed by atoms with Crippen LogP contribution in [0.15, 0.2) is 144 Å². The maximum atomic E-state index is 6.14. The standard InChI is InChI=1S/C42H23NOS/c1-2-9-27-26(8-1)29-11-6-16-38-40(29)41-35(14-7-17-39(41)45-38)43-34-20-18-24(22-32(34)31-13-5-12-30(27)42(31)43)25-19-21-37-33(23-25)28-10-3-4-15-36(28)44-37/h1-23H. The smallest absolute Gasteiger partial charge is 0.135 e. The van der Waals surface area contributed by atoms with E-state index in [1.165, 1.54) is 80.2 Å². The number of rotatable bonds is 1. The van der Waals surface area contributed by atoms with Crippen molar-refractivity contribution >= 4 is 102 Å². The number of hydrogen-bond acceptors (Lipinski definition) is 2. The molecule has 0 amide bonds. The Morgan fingerprint density at radius 2 is 1.00 bits per heavy atom. The fourth-order valence-corrected chi connectivity index (χ4v) is 8.99. The molecule has 4 aromatic heterocycles. The molecule has 0 atom stereocenters. The number of fused-ring (bicyclic) bond motifs is 10. The van der Waals surface area contributed by atoms with E-state index in [-0.39, 0.29) is 0 Å². The van der Waals surface area contributed by atoms with Crippen LogP contribution in [0.25, 0.3) is 102 Å². The highest BCUT2D eigenvalue weighted by Crippen LogP contribution is 2.44. The van der Waals surface area contributed by atoms with Crippen molar-refractivity contribution in [3.05, 3.63) is 140 Å². The van der Waals surface area contributed by atoms with Crippen LogP contribution in [-0.4, -0.2) is 4.40 Å². The summed E-state index contributed by atoms with van der Waals surface area (Å²) < 4.78 is 11.3. The summed E-state index contributed by atoms with van der Waals surface area (Å²) in [6.07, 6.45) is 0. The number of furan rings is 1. The molecule has 11 rings (SSSR count). The van der Waals surface area contributed by atoms with Crippen molar-refractivity contribution in [1.82, 2.24) is 4.40 Å². The molecular formula is C42H23NOS. The third-order valence-corrected chi connectivity index (χ3v) is 10.9. The molecule has 0 saturated carbocycles. The molecule has 11 aromatic rings. The van der Waals surface area contributed by atoms with E-state index in [0.29, 0.717) is 0 Å². The molecule has 0 fully saturated rings. The summed E-state index contributed by atoms with van der Waals surface area (Å²) in [6, 6.07) is 51.2. The monoisotopic (exact) mass is 589 g/mol. The van der Waals surface area contributed by atoms with Crippen molar-refractivity contribution in [2.75, 3.05) is 0 Å². The highest BCUT2D eigenvalue weighted by Gasteiger charge is 2.18. The fourth-order valence-electron chi connectivity index (χ4n) is 7.83. The molecule has 2 nitrogen and oxygen atoms in total. The molecule has 0 radical (unpaired) electrons. The predicted octanol–water partition coefficient (Wildman–Crippen LogP) is 12.5. The summed E-state index contributed by atoms with van der Waals surface area (Å²) in [4.78, 5) is 0. The van der Waals surface area contributed by atoms with Gasteiger partial charge in [0.05, 0.1) is 16.6 Å².